The Morgan fingerprint density at radius 1 is 1.05 bits per heavy atom. The molecule has 0 saturated carbocycles. The van der Waals surface area contributed by atoms with Gasteiger partial charge < -0.3 is 10.5 Å². The van der Waals surface area contributed by atoms with Crippen LogP contribution in [-0.4, -0.2) is 0 Å². The van der Waals surface area contributed by atoms with E-state index >= 15 is 0 Å². The zero-order valence-electron chi connectivity index (χ0n) is 13.0. The maximum atomic E-state index is 5.97. The zero-order chi connectivity index (χ0) is 15.6. The van der Waals surface area contributed by atoms with E-state index in [4.69, 9.17) is 10.5 Å². The fourth-order valence-corrected chi connectivity index (χ4v) is 2.85. The molecule has 112 valence electrons. The molecule has 0 amide bonds. The van der Waals surface area contributed by atoms with Gasteiger partial charge in [0.15, 0.2) is 0 Å². The summed E-state index contributed by atoms with van der Waals surface area (Å²) in [6.07, 6.45) is 0. The predicted molar refractivity (Wildman–Crippen MR) is 92.1 cm³/mol. The van der Waals surface area contributed by atoms with Gasteiger partial charge in [0.05, 0.1) is 4.47 Å². The minimum Gasteiger partial charge on any atom is -0.456 e. The molecule has 2 nitrogen and oxygen atoms in total. The van der Waals surface area contributed by atoms with Crippen molar-refractivity contribution in [3.63, 3.8) is 0 Å². The largest absolute Gasteiger partial charge is 0.456 e. The van der Waals surface area contributed by atoms with Crippen LogP contribution in [0, 0.1) is 6.92 Å². The molecule has 21 heavy (non-hydrogen) atoms. The van der Waals surface area contributed by atoms with Gasteiger partial charge in [-0.05, 0) is 76.7 Å². The number of halogens is 1. The van der Waals surface area contributed by atoms with Gasteiger partial charge in [-0.2, -0.15) is 0 Å². The fraction of sp³-hybridized carbons (Fsp3) is 0.333. The van der Waals surface area contributed by atoms with Crippen molar-refractivity contribution in [3.05, 3.63) is 57.6 Å². The summed E-state index contributed by atoms with van der Waals surface area (Å²) >= 11 is 3.55. The van der Waals surface area contributed by atoms with Crippen LogP contribution in [0.15, 0.2) is 40.9 Å². The second kappa shape index (κ2) is 6.63. The van der Waals surface area contributed by atoms with Crippen molar-refractivity contribution >= 4 is 15.9 Å². The third-order valence-electron chi connectivity index (χ3n) is 3.57. The first-order valence-corrected chi connectivity index (χ1v) is 8.01. The highest BCUT2D eigenvalue weighted by atomic mass is 79.9. The van der Waals surface area contributed by atoms with Gasteiger partial charge >= 0.3 is 0 Å². The molecule has 0 aliphatic heterocycles. The van der Waals surface area contributed by atoms with E-state index in [0.29, 0.717) is 5.92 Å². The highest BCUT2D eigenvalue weighted by Gasteiger charge is 2.09. The predicted octanol–water partition coefficient (Wildman–Crippen LogP) is 5.69. The van der Waals surface area contributed by atoms with Crippen LogP contribution in [0.25, 0.3) is 0 Å². The average Bonchev–Trinajstić information content (AvgIpc) is 2.40. The van der Waals surface area contributed by atoms with Crippen LogP contribution in [0.5, 0.6) is 11.5 Å². The van der Waals surface area contributed by atoms with Gasteiger partial charge in [-0.25, -0.2) is 0 Å². The molecule has 0 aromatic heterocycles. The molecular weight excluding hydrogens is 326 g/mol. The summed E-state index contributed by atoms with van der Waals surface area (Å²) in [5, 5.41) is 0. The molecular formula is C18H22BrNO. The third-order valence-corrected chi connectivity index (χ3v) is 4.19. The molecule has 0 unspecified atom stereocenters. The number of benzene rings is 2. The highest BCUT2D eigenvalue weighted by molar-refractivity contribution is 9.10. The van der Waals surface area contributed by atoms with E-state index < -0.39 is 0 Å². The topological polar surface area (TPSA) is 35.2 Å². The second-order valence-corrected chi connectivity index (χ2v) is 6.61. The van der Waals surface area contributed by atoms with Crippen molar-refractivity contribution < 1.29 is 4.74 Å². The summed E-state index contributed by atoms with van der Waals surface area (Å²) in [5.41, 5.74) is 9.58. The van der Waals surface area contributed by atoms with Crippen molar-refractivity contribution in [2.45, 2.75) is 39.7 Å². The molecule has 0 fully saturated rings. The van der Waals surface area contributed by atoms with Gasteiger partial charge in [0.25, 0.3) is 0 Å². The van der Waals surface area contributed by atoms with Gasteiger partial charge in [0.1, 0.15) is 11.5 Å². The molecule has 0 saturated heterocycles. The van der Waals surface area contributed by atoms with Crippen molar-refractivity contribution in [2.75, 3.05) is 0 Å². The summed E-state index contributed by atoms with van der Waals surface area (Å²) in [4.78, 5) is 0. The first-order chi connectivity index (χ1) is 9.88. The van der Waals surface area contributed by atoms with E-state index in [1.165, 1.54) is 11.1 Å². The number of rotatable bonds is 4. The summed E-state index contributed by atoms with van der Waals surface area (Å²) in [6, 6.07) is 12.2. The van der Waals surface area contributed by atoms with Crippen molar-refractivity contribution in [2.24, 2.45) is 5.73 Å². The quantitative estimate of drug-likeness (QED) is 0.770. The normalized spacial score (nSPS) is 12.5. The molecule has 3 heteroatoms. The van der Waals surface area contributed by atoms with Crippen LogP contribution in [-0.2, 0) is 0 Å². The van der Waals surface area contributed by atoms with Gasteiger partial charge in [-0.3, -0.25) is 0 Å². The Kier molecular flexibility index (Phi) is 5.07. The lowest BCUT2D eigenvalue weighted by molar-refractivity contribution is 0.478. The van der Waals surface area contributed by atoms with Crippen molar-refractivity contribution in [1.82, 2.24) is 0 Å². The second-order valence-electron chi connectivity index (χ2n) is 5.75. The van der Waals surface area contributed by atoms with Gasteiger partial charge in [0, 0.05) is 6.04 Å². The van der Waals surface area contributed by atoms with Crippen LogP contribution in [0.4, 0.5) is 0 Å². The maximum absolute atomic E-state index is 5.97. The first kappa shape index (κ1) is 16.1. The number of ether oxygens (including phenoxy) is 1. The lowest BCUT2D eigenvalue weighted by Crippen LogP contribution is -2.04. The summed E-state index contributed by atoms with van der Waals surface area (Å²) in [6.45, 7) is 8.49. The average molecular weight is 348 g/mol. The Bertz CT molecular complexity index is 635. The summed E-state index contributed by atoms with van der Waals surface area (Å²) < 4.78 is 6.89. The monoisotopic (exact) mass is 347 g/mol. The van der Waals surface area contributed by atoms with Crippen LogP contribution in [0.2, 0.25) is 0 Å². The minimum absolute atomic E-state index is 0.0166. The van der Waals surface area contributed by atoms with Gasteiger partial charge in [-0.1, -0.05) is 26.0 Å². The van der Waals surface area contributed by atoms with Crippen molar-refractivity contribution in [1.29, 1.82) is 0 Å². The Labute approximate surface area is 135 Å². The molecule has 0 aliphatic rings. The number of nitrogens with two attached hydrogens (primary N) is 1. The number of hydrogen-bond acceptors (Lipinski definition) is 2. The standard InChI is InChI=1S/C18H22BrNO/c1-11(2)16-7-6-15(9-12(16)3)21-18-8-5-14(13(4)20)10-17(18)19/h5-11,13H,20H2,1-4H3/t13-/m0/s1. The lowest BCUT2D eigenvalue weighted by atomic mass is 9.98. The molecule has 0 bridgehead atoms. The molecule has 0 radical (unpaired) electrons. The van der Waals surface area contributed by atoms with Crippen LogP contribution < -0.4 is 10.5 Å². The van der Waals surface area contributed by atoms with E-state index in [9.17, 15) is 0 Å². The minimum atomic E-state index is 0.0166. The van der Waals surface area contributed by atoms with Crippen LogP contribution in [0.3, 0.4) is 0 Å². The molecule has 0 heterocycles. The molecule has 2 aromatic carbocycles. The number of aryl methyl sites for hydroxylation is 1. The van der Waals surface area contributed by atoms with E-state index in [1.54, 1.807) is 0 Å². The Morgan fingerprint density at radius 3 is 2.29 bits per heavy atom. The van der Waals surface area contributed by atoms with Gasteiger partial charge in [-0.15, -0.1) is 0 Å². The van der Waals surface area contributed by atoms with E-state index in [1.807, 2.05) is 31.2 Å². The van der Waals surface area contributed by atoms with Gasteiger partial charge in [0.2, 0.25) is 0 Å². The molecule has 2 N–H and O–H groups in total. The van der Waals surface area contributed by atoms with E-state index in [2.05, 4.69) is 48.8 Å². The SMILES string of the molecule is Cc1cc(Oc2ccc([C@H](C)N)cc2Br)ccc1C(C)C. The summed E-state index contributed by atoms with van der Waals surface area (Å²) in [5.74, 6) is 2.18. The Balaban J connectivity index is 2.24. The fourth-order valence-electron chi connectivity index (χ4n) is 2.37. The number of hydrogen-bond donors (Lipinski definition) is 1. The lowest BCUT2D eigenvalue weighted by Gasteiger charge is -2.14. The first-order valence-electron chi connectivity index (χ1n) is 7.22. The molecule has 2 aromatic rings. The summed E-state index contributed by atoms with van der Waals surface area (Å²) in [7, 11) is 0. The van der Waals surface area contributed by atoms with E-state index in [0.717, 1.165) is 21.5 Å². The Morgan fingerprint density at radius 2 is 1.76 bits per heavy atom. The third kappa shape index (κ3) is 3.86. The molecule has 2 rings (SSSR count). The Hall–Kier alpha value is -1.32. The van der Waals surface area contributed by atoms with E-state index in [-0.39, 0.29) is 6.04 Å². The van der Waals surface area contributed by atoms with Crippen molar-refractivity contribution in [3.8, 4) is 11.5 Å². The smallest absolute Gasteiger partial charge is 0.141 e. The molecule has 0 aliphatic carbocycles. The molecule has 1 atom stereocenters. The zero-order valence-corrected chi connectivity index (χ0v) is 14.6. The maximum Gasteiger partial charge on any atom is 0.141 e. The molecule has 0 spiro atoms. The highest BCUT2D eigenvalue weighted by Crippen LogP contribution is 2.33. The van der Waals surface area contributed by atoms with Crippen LogP contribution in [0.1, 0.15) is 49.4 Å². The van der Waals surface area contributed by atoms with Crippen LogP contribution >= 0.6 is 15.9 Å².